The molecule has 146 valence electrons. The molecule has 2 heterocycles. The van der Waals surface area contributed by atoms with Gasteiger partial charge < -0.3 is 15.0 Å². The molecule has 0 saturated carbocycles. The number of carbonyl (C=O) groups is 2. The van der Waals surface area contributed by atoms with E-state index in [0.29, 0.717) is 18.7 Å². The maximum atomic E-state index is 12.5. The van der Waals surface area contributed by atoms with Crippen LogP contribution in [0.2, 0.25) is 0 Å². The number of likely N-dealkylation sites (tertiary alicyclic amines) is 2. The Morgan fingerprint density at radius 2 is 1.96 bits per heavy atom. The van der Waals surface area contributed by atoms with Crippen molar-refractivity contribution in [2.75, 3.05) is 26.7 Å². The van der Waals surface area contributed by atoms with Crippen molar-refractivity contribution in [1.29, 1.82) is 0 Å². The molecule has 0 aromatic heterocycles. The fourth-order valence-electron chi connectivity index (χ4n) is 3.29. The molecule has 0 bridgehead atoms. The molecule has 1 N–H and O–H groups in total. The molecular formula is C17H22N4O5S. The van der Waals surface area contributed by atoms with Gasteiger partial charge in [-0.25, -0.2) is 4.79 Å². The van der Waals surface area contributed by atoms with Gasteiger partial charge in [0.15, 0.2) is 0 Å². The summed E-state index contributed by atoms with van der Waals surface area (Å²) < 4.78 is 5.12. The van der Waals surface area contributed by atoms with Gasteiger partial charge in [-0.05, 0) is 31.2 Å². The van der Waals surface area contributed by atoms with Crippen molar-refractivity contribution in [3.63, 3.8) is 0 Å². The van der Waals surface area contributed by atoms with E-state index in [0.717, 1.165) is 13.0 Å². The highest BCUT2D eigenvalue weighted by atomic mass is 32.1. The number of amides is 2. The van der Waals surface area contributed by atoms with Gasteiger partial charge in [0.1, 0.15) is 6.61 Å². The molecule has 1 aromatic rings. The third kappa shape index (κ3) is 4.69. The number of non-ortho nitro benzene ring substituents is 1. The summed E-state index contributed by atoms with van der Waals surface area (Å²) in [6.07, 6.45) is 0.170. The summed E-state index contributed by atoms with van der Waals surface area (Å²) in [7, 11) is 1.92. The zero-order valence-electron chi connectivity index (χ0n) is 14.9. The Balaban J connectivity index is 1.38. The minimum Gasteiger partial charge on any atom is -0.445 e. The van der Waals surface area contributed by atoms with Crippen LogP contribution in [0.25, 0.3) is 0 Å². The van der Waals surface area contributed by atoms with Crippen molar-refractivity contribution in [2.24, 2.45) is 0 Å². The van der Waals surface area contributed by atoms with Crippen molar-refractivity contribution in [2.45, 2.75) is 30.4 Å². The van der Waals surface area contributed by atoms with Crippen LogP contribution in [-0.4, -0.2) is 70.7 Å². The average molecular weight is 394 g/mol. The number of likely N-dealkylation sites (N-methyl/N-ethyl adjacent to an activating group) is 1. The largest absolute Gasteiger partial charge is 0.445 e. The highest BCUT2D eigenvalue weighted by Gasteiger charge is 2.40. The molecule has 2 amide bonds. The fourth-order valence-corrected chi connectivity index (χ4v) is 3.75. The van der Waals surface area contributed by atoms with Crippen LogP contribution in [0.15, 0.2) is 24.3 Å². The summed E-state index contributed by atoms with van der Waals surface area (Å²) in [5.41, 5.74) is 0.645. The summed E-state index contributed by atoms with van der Waals surface area (Å²) in [6, 6.07) is 5.55. The lowest BCUT2D eigenvalue weighted by Gasteiger charge is -2.41. The first kappa shape index (κ1) is 19.4. The van der Waals surface area contributed by atoms with Gasteiger partial charge in [0.05, 0.1) is 17.0 Å². The van der Waals surface area contributed by atoms with Crippen molar-refractivity contribution < 1.29 is 19.2 Å². The molecule has 2 fully saturated rings. The van der Waals surface area contributed by atoms with Crippen molar-refractivity contribution in [3.05, 3.63) is 39.9 Å². The standard InChI is InChI=1S/C17H22N4O5S/c1-19-9-14(27)6-15(19)16(22)20-7-12(8-20)18-17(23)26-10-11-2-4-13(5-3-11)21(24)25/h2-5,12,14-15,27H,6-10H2,1H3,(H,18,23)/t14-,15-/m0/s1. The Bertz CT molecular complexity index is 723. The fraction of sp³-hybridized carbons (Fsp3) is 0.529. The monoisotopic (exact) mass is 394 g/mol. The van der Waals surface area contributed by atoms with Gasteiger partial charge in [-0.2, -0.15) is 12.6 Å². The molecule has 0 radical (unpaired) electrons. The van der Waals surface area contributed by atoms with Crippen LogP contribution in [0.4, 0.5) is 10.5 Å². The number of nitro groups is 1. The lowest BCUT2D eigenvalue weighted by Crippen LogP contribution is -2.63. The van der Waals surface area contributed by atoms with Crippen LogP contribution in [0.1, 0.15) is 12.0 Å². The third-order valence-electron chi connectivity index (χ3n) is 4.84. The quantitative estimate of drug-likeness (QED) is 0.439. The first-order valence-electron chi connectivity index (χ1n) is 8.67. The van der Waals surface area contributed by atoms with Crippen LogP contribution >= 0.6 is 12.6 Å². The number of nitrogens with one attached hydrogen (secondary N) is 1. The SMILES string of the molecule is CN1C[C@@H](S)C[C@H]1C(=O)N1CC(NC(=O)OCc2ccc([N+](=O)[O-])cc2)C1. The number of nitro benzene ring substituents is 1. The van der Waals surface area contributed by atoms with E-state index in [1.165, 1.54) is 12.1 Å². The highest BCUT2D eigenvalue weighted by molar-refractivity contribution is 7.81. The summed E-state index contributed by atoms with van der Waals surface area (Å²) in [4.78, 5) is 38.2. The second-order valence-electron chi connectivity index (χ2n) is 6.93. The second-order valence-corrected chi connectivity index (χ2v) is 7.66. The van der Waals surface area contributed by atoms with Crippen LogP contribution in [-0.2, 0) is 16.1 Å². The predicted molar refractivity (Wildman–Crippen MR) is 101 cm³/mol. The summed E-state index contributed by atoms with van der Waals surface area (Å²) >= 11 is 4.43. The number of alkyl carbamates (subject to hydrolysis) is 1. The van der Waals surface area contributed by atoms with E-state index in [2.05, 4.69) is 17.9 Å². The number of hydrogen-bond acceptors (Lipinski definition) is 7. The zero-order valence-corrected chi connectivity index (χ0v) is 15.8. The van der Waals surface area contributed by atoms with Gasteiger partial charge in [0, 0.05) is 37.0 Å². The number of carbonyl (C=O) groups excluding carboxylic acids is 2. The molecule has 2 saturated heterocycles. The number of thiol groups is 1. The van der Waals surface area contributed by atoms with Crippen LogP contribution < -0.4 is 5.32 Å². The van der Waals surface area contributed by atoms with E-state index in [4.69, 9.17) is 4.74 Å². The number of rotatable bonds is 5. The molecule has 0 aliphatic carbocycles. The maximum absolute atomic E-state index is 12.5. The Labute approximate surface area is 162 Å². The number of nitrogens with zero attached hydrogens (tertiary/aromatic N) is 3. The van der Waals surface area contributed by atoms with Gasteiger partial charge in [-0.3, -0.25) is 19.8 Å². The Kier molecular flexibility index (Phi) is 5.85. The molecule has 27 heavy (non-hydrogen) atoms. The van der Waals surface area contributed by atoms with E-state index in [1.807, 2.05) is 11.9 Å². The minimum absolute atomic E-state index is 0.0143. The molecule has 3 rings (SSSR count). The first-order valence-corrected chi connectivity index (χ1v) is 9.19. The van der Waals surface area contributed by atoms with E-state index in [1.54, 1.807) is 17.0 Å². The number of benzene rings is 1. The minimum atomic E-state index is -0.571. The molecule has 0 unspecified atom stereocenters. The summed E-state index contributed by atoms with van der Waals surface area (Å²) in [5, 5.41) is 13.5. The zero-order chi connectivity index (χ0) is 19.6. The van der Waals surface area contributed by atoms with Crippen LogP contribution in [0.5, 0.6) is 0 Å². The molecule has 0 spiro atoms. The molecule has 2 aliphatic heterocycles. The summed E-state index contributed by atoms with van der Waals surface area (Å²) in [5.74, 6) is 0.0753. The van der Waals surface area contributed by atoms with Crippen LogP contribution in [0.3, 0.4) is 0 Å². The van der Waals surface area contributed by atoms with Gasteiger partial charge in [0.2, 0.25) is 5.91 Å². The van der Waals surface area contributed by atoms with E-state index >= 15 is 0 Å². The maximum Gasteiger partial charge on any atom is 0.407 e. The smallest absolute Gasteiger partial charge is 0.407 e. The Morgan fingerprint density at radius 1 is 1.30 bits per heavy atom. The van der Waals surface area contributed by atoms with Crippen molar-refractivity contribution in [1.82, 2.24) is 15.1 Å². The Hall–Kier alpha value is -2.33. The molecule has 10 heteroatoms. The number of hydrogen-bond donors (Lipinski definition) is 2. The first-order chi connectivity index (χ1) is 12.8. The molecule has 2 aliphatic rings. The van der Waals surface area contributed by atoms with Crippen LogP contribution in [0, 0.1) is 10.1 Å². The molecule has 2 atom stereocenters. The topological polar surface area (TPSA) is 105 Å². The van der Waals surface area contributed by atoms with Gasteiger partial charge >= 0.3 is 6.09 Å². The highest BCUT2D eigenvalue weighted by Crippen LogP contribution is 2.23. The van der Waals surface area contributed by atoms with E-state index in [-0.39, 0.29) is 35.5 Å². The average Bonchev–Trinajstić information content (AvgIpc) is 2.94. The lowest BCUT2D eigenvalue weighted by molar-refractivity contribution is -0.384. The van der Waals surface area contributed by atoms with E-state index < -0.39 is 11.0 Å². The molecule has 1 aromatic carbocycles. The normalized spacial score (nSPS) is 23.0. The summed E-state index contributed by atoms with van der Waals surface area (Å²) in [6.45, 7) is 1.75. The van der Waals surface area contributed by atoms with Gasteiger partial charge in [0.25, 0.3) is 5.69 Å². The van der Waals surface area contributed by atoms with Crippen molar-refractivity contribution in [3.8, 4) is 0 Å². The van der Waals surface area contributed by atoms with Gasteiger partial charge in [-0.15, -0.1) is 0 Å². The van der Waals surface area contributed by atoms with Crippen molar-refractivity contribution >= 4 is 30.3 Å². The Morgan fingerprint density at radius 3 is 2.52 bits per heavy atom. The third-order valence-corrected chi connectivity index (χ3v) is 5.22. The second kappa shape index (κ2) is 8.13. The van der Waals surface area contributed by atoms with E-state index in [9.17, 15) is 19.7 Å². The number of ether oxygens (including phenoxy) is 1. The predicted octanol–water partition coefficient (Wildman–Crippen LogP) is 1.03. The lowest BCUT2D eigenvalue weighted by atomic mass is 10.1. The van der Waals surface area contributed by atoms with Gasteiger partial charge in [-0.1, -0.05) is 0 Å². The molecule has 9 nitrogen and oxygen atoms in total. The molecular weight excluding hydrogens is 372 g/mol.